The lowest BCUT2D eigenvalue weighted by Gasteiger charge is -2.18. The average Bonchev–Trinajstić information content (AvgIpc) is 3.48. The molecule has 0 heterocycles. The van der Waals surface area contributed by atoms with Crippen molar-refractivity contribution in [1.29, 1.82) is 0 Å². The van der Waals surface area contributed by atoms with Crippen LogP contribution in [-0.2, 0) is 28.6 Å². The van der Waals surface area contributed by atoms with Gasteiger partial charge in [0, 0.05) is 19.3 Å². The van der Waals surface area contributed by atoms with Crippen LogP contribution in [0.3, 0.4) is 0 Å². The van der Waals surface area contributed by atoms with Crippen LogP contribution in [-0.4, -0.2) is 37.2 Å². The molecule has 0 aliphatic heterocycles. The van der Waals surface area contributed by atoms with E-state index in [0.717, 1.165) is 103 Å². The van der Waals surface area contributed by atoms with E-state index < -0.39 is 6.10 Å². The Morgan fingerprint density at radius 2 is 0.476 bits per heavy atom. The molecule has 0 aromatic rings. The molecular formula is C76H138O6. The van der Waals surface area contributed by atoms with Gasteiger partial charge < -0.3 is 14.2 Å². The number of hydrogen-bond acceptors (Lipinski definition) is 6. The van der Waals surface area contributed by atoms with Gasteiger partial charge in [-0.2, -0.15) is 0 Å². The second-order valence-electron chi connectivity index (χ2n) is 24.5. The van der Waals surface area contributed by atoms with E-state index in [1.54, 1.807) is 0 Å². The first kappa shape index (κ1) is 79.1. The largest absolute Gasteiger partial charge is 0.462 e. The molecule has 0 spiro atoms. The number of carbonyl (C=O) groups is 3. The molecule has 478 valence electrons. The van der Waals surface area contributed by atoms with E-state index in [4.69, 9.17) is 14.2 Å². The van der Waals surface area contributed by atoms with Gasteiger partial charge in [0.2, 0.25) is 0 Å². The zero-order chi connectivity index (χ0) is 59.2. The first-order valence-electron chi connectivity index (χ1n) is 36.3. The molecule has 0 aromatic heterocycles. The van der Waals surface area contributed by atoms with Crippen LogP contribution in [0.15, 0.2) is 60.8 Å². The number of allylic oxidation sites excluding steroid dienone is 10. The maximum Gasteiger partial charge on any atom is 0.306 e. The Bertz CT molecular complexity index is 1460. The minimum Gasteiger partial charge on any atom is -0.462 e. The Labute approximate surface area is 510 Å². The number of rotatable bonds is 67. The summed E-state index contributed by atoms with van der Waals surface area (Å²) < 4.78 is 17.0. The molecule has 1 atom stereocenters. The van der Waals surface area contributed by atoms with Gasteiger partial charge in [-0.05, 0) is 83.5 Å². The van der Waals surface area contributed by atoms with Gasteiger partial charge in [-0.1, -0.05) is 345 Å². The number of carbonyl (C=O) groups excluding carboxylic acids is 3. The molecule has 0 saturated heterocycles. The van der Waals surface area contributed by atoms with Crippen LogP contribution in [0.1, 0.15) is 387 Å². The monoisotopic (exact) mass is 1150 g/mol. The molecule has 0 amide bonds. The minimum atomic E-state index is -0.781. The molecule has 0 bridgehead atoms. The van der Waals surface area contributed by atoms with Crippen molar-refractivity contribution in [1.82, 2.24) is 0 Å². The Morgan fingerprint density at radius 1 is 0.256 bits per heavy atom. The molecule has 6 heteroatoms. The first-order valence-corrected chi connectivity index (χ1v) is 36.3. The second kappa shape index (κ2) is 70.6. The average molecular weight is 1150 g/mol. The topological polar surface area (TPSA) is 78.9 Å². The lowest BCUT2D eigenvalue weighted by Crippen LogP contribution is -2.30. The van der Waals surface area contributed by atoms with E-state index in [1.165, 1.54) is 244 Å². The van der Waals surface area contributed by atoms with E-state index in [2.05, 4.69) is 81.5 Å². The van der Waals surface area contributed by atoms with Gasteiger partial charge in [0.05, 0.1) is 0 Å². The van der Waals surface area contributed by atoms with Gasteiger partial charge in [0.15, 0.2) is 6.10 Å². The number of unbranched alkanes of at least 4 members (excludes halogenated alkanes) is 46. The lowest BCUT2D eigenvalue weighted by molar-refractivity contribution is -0.167. The highest BCUT2D eigenvalue weighted by atomic mass is 16.6. The Morgan fingerprint density at radius 3 is 0.744 bits per heavy atom. The summed E-state index contributed by atoms with van der Waals surface area (Å²) in [5.41, 5.74) is 0. The van der Waals surface area contributed by atoms with Crippen molar-refractivity contribution >= 4 is 17.9 Å². The maximum absolute atomic E-state index is 13.0. The Kier molecular flexibility index (Phi) is 68.1. The zero-order valence-electron chi connectivity index (χ0n) is 55.0. The van der Waals surface area contributed by atoms with E-state index in [1.807, 2.05) is 0 Å². The van der Waals surface area contributed by atoms with Crippen molar-refractivity contribution < 1.29 is 28.6 Å². The van der Waals surface area contributed by atoms with Gasteiger partial charge in [-0.3, -0.25) is 14.4 Å². The first-order chi connectivity index (χ1) is 40.5. The predicted octanol–water partition coefficient (Wildman–Crippen LogP) is 25.1. The number of hydrogen-bond donors (Lipinski definition) is 0. The molecule has 0 rings (SSSR count). The standard InChI is InChI=1S/C76H138O6/c1-4-7-10-13-16-19-22-25-28-30-32-34-36-37-38-39-40-42-43-45-48-51-54-57-60-63-66-69-75(78)81-72-73(71-80-74(77)68-65-62-59-56-53-50-47-27-24-21-18-15-12-9-6-3)82-76(79)70-67-64-61-58-55-52-49-46-44-41-35-33-31-29-26-23-20-17-14-11-8-5-2/h9,12,18,21-22,25,27,30,32,47,73H,4-8,10-11,13-17,19-20,23-24,26,28-29,31,33-46,48-72H2,1-3H3/b12-9-,21-18-,25-22-,32-30-,47-27-. The predicted molar refractivity (Wildman–Crippen MR) is 358 cm³/mol. The van der Waals surface area contributed by atoms with E-state index in [9.17, 15) is 14.4 Å². The van der Waals surface area contributed by atoms with Crippen molar-refractivity contribution in [3.8, 4) is 0 Å². The normalized spacial score (nSPS) is 12.4. The molecule has 0 fully saturated rings. The van der Waals surface area contributed by atoms with Gasteiger partial charge in [0.25, 0.3) is 0 Å². The van der Waals surface area contributed by atoms with Crippen LogP contribution in [0, 0.1) is 0 Å². The van der Waals surface area contributed by atoms with Crippen molar-refractivity contribution in [2.75, 3.05) is 13.2 Å². The molecule has 1 unspecified atom stereocenters. The van der Waals surface area contributed by atoms with Crippen LogP contribution in [0.2, 0.25) is 0 Å². The SMILES string of the molecule is CC/C=C\C/C=C\C/C=C\CCCCCCCC(=O)OCC(COC(=O)CCCCCCCCCCCCCCCCC/C=C\C/C=C\CCCCCCC)OC(=O)CCCCCCCCCCCCCCCCCCCCCCCC. The third kappa shape index (κ3) is 67.9. The summed E-state index contributed by atoms with van der Waals surface area (Å²) in [6, 6.07) is 0. The van der Waals surface area contributed by atoms with Crippen LogP contribution in [0.25, 0.3) is 0 Å². The fourth-order valence-electron chi connectivity index (χ4n) is 10.8. The van der Waals surface area contributed by atoms with E-state index in [0.29, 0.717) is 19.3 Å². The third-order valence-electron chi connectivity index (χ3n) is 16.3. The van der Waals surface area contributed by atoms with E-state index >= 15 is 0 Å². The Balaban J connectivity index is 4.26. The molecule has 0 aliphatic rings. The fourth-order valence-corrected chi connectivity index (χ4v) is 10.8. The molecule has 0 aromatic carbocycles. The van der Waals surface area contributed by atoms with Gasteiger partial charge in [-0.15, -0.1) is 0 Å². The number of ether oxygens (including phenoxy) is 3. The zero-order valence-corrected chi connectivity index (χ0v) is 55.0. The van der Waals surface area contributed by atoms with Crippen molar-refractivity contribution in [2.45, 2.75) is 393 Å². The highest BCUT2D eigenvalue weighted by molar-refractivity contribution is 5.71. The van der Waals surface area contributed by atoms with Gasteiger partial charge in [0.1, 0.15) is 13.2 Å². The minimum absolute atomic E-state index is 0.0755. The fraction of sp³-hybridized carbons (Fsp3) is 0.829. The summed E-state index contributed by atoms with van der Waals surface area (Å²) in [6.45, 7) is 6.57. The summed E-state index contributed by atoms with van der Waals surface area (Å²) in [6.07, 6.45) is 91.1. The molecule has 82 heavy (non-hydrogen) atoms. The molecule has 6 nitrogen and oxygen atoms in total. The summed E-state index contributed by atoms with van der Waals surface area (Å²) in [5, 5.41) is 0. The van der Waals surface area contributed by atoms with Crippen molar-refractivity contribution in [2.24, 2.45) is 0 Å². The van der Waals surface area contributed by atoms with Crippen molar-refractivity contribution in [3.05, 3.63) is 60.8 Å². The molecule has 0 N–H and O–H groups in total. The quantitative estimate of drug-likeness (QED) is 0.0261. The Hall–Kier alpha value is -2.89. The smallest absolute Gasteiger partial charge is 0.306 e. The van der Waals surface area contributed by atoms with Crippen LogP contribution in [0.4, 0.5) is 0 Å². The van der Waals surface area contributed by atoms with E-state index in [-0.39, 0.29) is 31.1 Å². The highest BCUT2D eigenvalue weighted by Crippen LogP contribution is 2.18. The second-order valence-corrected chi connectivity index (χ2v) is 24.5. The molecular weight excluding hydrogens is 1010 g/mol. The summed E-state index contributed by atoms with van der Waals surface area (Å²) in [4.78, 5) is 38.5. The maximum atomic E-state index is 13.0. The summed E-state index contributed by atoms with van der Waals surface area (Å²) in [5.74, 6) is -0.867. The summed E-state index contributed by atoms with van der Waals surface area (Å²) in [7, 11) is 0. The number of esters is 3. The van der Waals surface area contributed by atoms with Gasteiger partial charge >= 0.3 is 17.9 Å². The third-order valence-corrected chi connectivity index (χ3v) is 16.3. The van der Waals surface area contributed by atoms with Crippen molar-refractivity contribution in [3.63, 3.8) is 0 Å². The summed E-state index contributed by atoms with van der Waals surface area (Å²) >= 11 is 0. The van der Waals surface area contributed by atoms with Crippen LogP contribution >= 0.6 is 0 Å². The highest BCUT2D eigenvalue weighted by Gasteiger charge is 2.19. The van der Waals surface area contributed by atoms with Gasteiger partial charge in [-0.25, -0.2) is 0 Å². The molecule has 0 radical (unpaired) electrons. The van der Waals surface area contributed by atoms with Crippen LogP contribution < -0.4 is 0 Å². The van der Waals surface area contributed by atoms with Crippen LogP contribution in [0.5, 0.6) is 0 Å². The molecule has 0 aliphatic carbocycles. The lowest BCUT2D eigenvalue weighted by atomic mass is 10.0. The molecule has 0 saturated carbocycles.